The van der Waals surface area contributed by atoms with Gasteiger partial charge in [0.1, 0.15) is 11.5 Å². The summed E-state index contributed by atoms with van der Waals surface area (Å²) in [6, 6.07) is 5.85. The fourth-order valence-electron chi connectivity index (χ4n) is 0.493. The van der Waals surface area contributed by atoms with Crippen molar-refractivity contribution in [2.24, 2.45) is 0 Å². The summed E-state index contributed by atoms with van der Waals surface area (Å²) in [6.45, 7) is 0. The normalized spacial score (nSPS) is 8.45. The van der Waals surface area contributed by atoms with Gasteiger partial charge in [0, 0.05) is 6.07 Å². The minimum atomic E-state index is -0.361. The number of hydrogen-bond donors (Lipinski definition) is 2. The molecule has 1 aromatic carbocycles. The van der Waals surface area contributed by atoms with Crippen LogP contribution in [0.1, 0.15) is 0 Å². The first-order valence-electron chi connectivity index (χ1n) is 2.62. The largest absolute Gasteiger partial charge is 0.508 e. The summed E-state index contributed by atoms with van der Waals surface area (Å²) < 4.78 is 8.67. The van der Waals surface area contributed by atoms with Gasteiger partial charge >= 0.3 is 0 Å². The van der Waals surface area contributed by atoms with Crippen LogP contribution in [0.15, 0.2) is 24.3 Å². The van der Waals surface area contributed by atoms with E-state index in [1.54, 1.807) is 6.07 Å². The lowest BCUT2D eigenvalue weighted by molar-refractivity contribution is 0.450. The van der Waals surface area contributed by atoms with E-state index < -0.39 is 0 Å². The van der Waals surface area contributed by atoms with Crippen LogP contribution in [0.25, 0.3) is 0 Å². The molecule has 5 heteroatoms. The first kappa shape index (κ1) is 10.2. The Kier molecular flexibility index (Phi) is 5.53. The van der Waals surface area contributed by atoms with Crippen LogP contribution in [0.5, 0.6) is 11.5 Å². The maximum atomic E-state index is 8.67. The van der Waals surface area contributed by atoms with E-state index in [0.29, 0.717) is 0 Å². The molecule has 1 rings (SSSR count). The highest BCUT2D eigenvalue weighted by Crippen LogP contribution is 2.14. The Morgan fingerprint density at radius 2 is 1.64 bits per heavy atom. The summed E-state index contributed by atoms with van der Waals surface area (Å²) in [5.74, 6) is 0.176. The molecule has 60 valence electrons. The summed E-state index contributed by atoms with van der Waals surface area (Å²) in [5, 5.41) is 17.3. The monoisotopic (exact) mass is 192 g/mol. The van der Waals surface area contributed by atoms with Gasteiger partial charge in [0.15, 0.2) is 0 Å². The van der Waals surface area contributed by atoms with E-state index in [2.05, 4.69) is 11.2 Å². The van der Waals surface area contributed by atoms with Crippen molar-refractivity contribution in [3.05, 3.63) is 24.3 Å². The van der Waals surface area contributed by atoms with E-state index in [-0.39, 0.29) is 19.3 Å². The zero-order valence-corrected chi connectivity index (χ0v) is 7.09. The second-order valence-electron chi connectivity index (χ2n) is 1.59. The molecule has 0 aliphatic carbocycles. The van der Waals surface area contributed by atoms with Crippen LogP contribution in [0, 0.1) is 0 Å². The Morgan fingerprint density at radius 3 is 1.82 bits per heavy atom. The third-order valence-electron chi connectivity index (χ3n) is 0.830. The third-order valence-corrected chi connectivity index (χ3v) is 0.830. The quantitative estimate of drug-likeness (QED) is 0.621. The average Bonchev–Trinajstić information content (AvgIpc) is 1.88. The van der Waals surface area contributed by atoms with Crippen LogP contribution in [0.2, 0.25) is 0 Å². The van der Waals surface area contributed by atoms with Crippen molar-refractivity contribution in [3.8, 4) is 11.5 Å². The SMILES string of the molecule is O=PCl.Oc1cccc(O)c1. The molecule has 1 aromatic rings. The van der Waals surface area contributed by atoms with Crippen LogP contribution >= 0.6 is 19.1 Å². The lowest BCUT2D eigenvalue weighted by atomic mass is 10.3. The maximum absolute atomic E-state index is 8.67. The molecular formula is C6H6ClO3P. The zero-order chi connectivity index (χ0) is 8.69. The van der Waals surface area contributed by atoms with Gasteiger partial charge in [-0.2, -0.15) is 0 Å². The van der Waals surface area contributed by atoms with Gasteiger partial charge in [-0.3, -0.25) is 4.57 Å². The Labute approximate surface area is 70.2 Å². The van der Waals surface area contributed by atoms with E-state index in [1.165, 1.54) is 18.2 Å². The lowest BCUT2D eigenvalue weighted by Gasteiger charge is -1.89. The molecule has 0 saturated carbocycles. The molecule has 0 unspecified atom stereocenters. The molecule has 0 heterocycles. The van der Waals surface area contributed by atoms with Crippen molar-refractivity contribution in [1.82, 2.24) is 0 Å². The first-order chi connectivity index (χ1) is 5.20. The van der Waals surface area contributed by atoms with E-state index in [4.69, 9.17) is 14.8 Å². The van der Waals surface area contributed by atoms with Crippen molar-refractivity contribution in [2.75, 3.05) is 0 Å². The minimum absolute atomic E-state index is 0.0880. The number of phenolic OH excluding ortho intramolecular Hbond substituents is 2. The lowest BCUT2D eigenvalue weighted by Crippen LogP contribution is -1.61. The molecule has 0 aliphatic rings. The molecule has 0 radical (unpaired) electrons. The molecule has 0 fully saturated rings. The van der Waals surface area contributed by atoms with Crippen molar-refractivity contribution in [3.63, 3.8) is 0 Å². The van der Waals surface area contributed by atoms with Crippen LogP contribution in [0.3, 0.4) is 0 Å². The molecule has 3 nitrogen and oxygen atoms in total. The topological polar surface area (TPSA) is 57.5 Å². The highest BCUT2D eigenvalue weighted by atomic mass is 35.7. The molecular weight excluding hydrogens is 186 g/mol. The number of hydrogen-bond acceptors (Lipinski definition) is 3. The summed E-state index contributed by atoms with van der Waals surface area (Å²) in [4.78, 5) is 0. The fourth-order valence-corrected chi connectivity index (χ4v) is 0.493. The predicted molar refractivity (Wildman–Crippen MR) is 43.2 cm³/mol. The third kappa shape index (κ3) is 5.64. The minimum Gasteiger partial charge on any atom is -0.508 e. The molecule has 0 aliphatic heterocycles. The van der Waals surface area contributed by atoms with E-state index in [1.807, 2.05) is 0 Å². The standard InChI is InChI=1S/C6H6O2.ClOP/c7-5-2-1-3-6(8)4-5;1-3-2/h1-4,7-8H;. The van der Waals surface area contributed by atoms with Gasteiger partial charge in [-0.15, -0.1) is 0 Å². The summed E-state index contributed by atoms with van der Waals surface area (Å²) in [6.07, 6.45) is 0. The second kappa shape index (κ2) is 5.96. The number of phenols is 2. The Bertz CT molecular complexity index is 212. The molecule has 0 amide bonds. The van der Waals surface area contributed by atoms with Crippen molar-refractivity contribution < 1.29 is 14.8 Å². The highest BCUT2D eigenvalue weighted by Gasteiger charge is 1.85. The van der Waals surface area contributed by atoms with Crippen molar-refractivity contribution in [2.45, 2.75) is 0 Å². The van der Waals surface area contributed by atoms with Gasteiger partial charge in [-0.25, -0.2) is 0 Å². The molecule has 0 bridgehead atoms. The van der Waals surface area contributed by atoms with Gasteiger partial charge in [0.05, 0.1) is 0 Å². The first-order valence-corrected chi connectivity index (χ1v) is 4.34. The maximum Gasteiger partial charge on any atom is 0.267 e. The van der Waals surface area contributed by atoms with Gasteiger partial charge in [0.25, 0.3) is 7.81 Å². The highest BCUT2D eigenvalue weighted by molar-refractivity contribution is 7.57. The number of halogens is 1. The molecule has 0 atom stereocenters. The molecule has 11 heavy (non-hydrogen) atoms. The van der Waals surface area contributed by atoms with Crippen LogP contribution in [-0.2, 0) is 4.57 Å². The molecule has 0 aromatic heterocycles. The Morgan fingerprint density at radius 1 is 1.27 bits per heavy atom. The predicted octanol–water partition coefficient (Wildman–Crippen LogP) is 2.53. The van der Waals surface area contributed by atoms with Crippen molar-refractivity contribution in [1.29, 1.82) is 0 Å². The summed E-state index contributed by atoms with van der Waals surface area (Å²) in [7, 11) is -0.361. The van der Waals surface area contributed by atoms with E-state index in [0.717, 1.165) is 0 Å². The summed E-state index contributed by atoms with van der Waals surface area (Å²) in [5.41, 5.74) is 0. The number of benzene rings is 1. The zero-order valence-electron chi connectivity index (χ0n) is 5.44. The average molecular weight is 193 g/mol. The van der Waals surface area contributed by atoms with Gasteiger partial charge in [0.2, 0.25) is 0 Å². The van der Waals surface area contributed by atoms with E-state index in [9.17, 15) is 0 Å². The van der Waals surface area contributed by atoms with E-state index >= 15 is 0 Å². The Hall–Kier alpha value is -0.790. The Balaban J connectivity index is 0.000000292. The second-order valence-corrected chi connectivity index (χ2v) is 2.14. The van der Waals surface area contributed by atoms with Gasteiger partial charge in [-0.1, -0.05) is 6.07 Å². The van der Waals surface area contributed by atoms with Gasteiger partial charge < -0.3 is 10.2 Å². The van der Waals surface area contributed by atoms with Crippen LogP contribution in [-0.4, -0.2) is 10.2 Å². The van der Waals surface area contributed by atoms with Gasteiger partial charge in [-0.05, 0) is 23.4 Å². The summed E-state index contributed by atoms with van der Waals surface area (Å²) >= 11 is 4.42. The molecule has 0 spiro atoms. The molecule has 2 N–H and O–H groups in total. The fraction of sp³-hybridized carbons (Fsp3) is 0. The number of rotatable bonds is 0. The smallest absolute Gasteiger partial charge is 0.267 e. The molecule has 0 saturated heterocycles. The van der Waals surface area contributed by atoms with Crippen LogP contribution < -0.4 is 0 Å². The van der Waals surface area contributed by atoms with Crippen LogP contribution in [0.4, 0.5) is 0 Å². The number of aromatic hydroxyl groups is 2. The van der Waals surface area contributed by atoms with Crippen molar-refractivity contribution >= 4 is 19.1 Å².